The van der Waals surface area contributed by atoms with E-state index in [1.165, 1.54) is 18.0 Å². The summed E-state index contributed by atoms with van der Waals surface area (Å²) in [5.74, 6) is 0.230. The largest absolute Gasteiger partial charge is 0.496 e. The molecular weight excluding hydrogens is 360 g/mol. The zero-order chi connectivity index (χ0) is 19.0. The molecule has 1 amide bonds. The van der Waals surface area contributed by atoms with E-state index in [2.05, 4.69) is 28.9 Å². The van der Waals surface area contributed by atoms with Crippen molar-refractivity contribution in [1.82, 2.24) is 4.57 Å². The van der Waals surface area contributed by atoms with Crippen molar-refractivity contribution in [3.05, 3.63) is 71.2 Å². The number of nitrogens with one attached hydrogen (secondary N) is 1. The number of aromatic nitrogens is 1. The first kappa shape index (κ1) is 17.4. The second kappa shape index (κ2) is 6.97. The van der Waals surface area contributed by atoms with Gasteiger partial charge >= 0.3 is 0 Å². The smallest absolute Gasteiger partial charge is 0.259 e. The highest BCUT2D eigenvalue weighted by atomic mass is 35.5. The van der Waals surface area contributed by atoms with Gasteiger partial charge < -0.3 is 14.6 Å². The summed E-state index contributed by atoms with van der Waals surface area (Å²) >= 11 is 6.04. The zero-order valence-corrected chi connectivity index (χ0v) is 15.9. The van der Waals surface area contributed by atoms with Gasteiger partial charge in [-0.3, -0.25) is 4.79 Å². The standard InChI is InChI=1S/C22H19ClN2O2/c1-3-25-19-7-5-4-6-16(19)17-13-15(9-10-20(17)25)24-22(26)18-12-14(23)8-11-21(18)27-2/h4-13H,3H2,1-2H3,(H,24,26). The van der Waals surface area contributed by atoms with Gasteiger partial charge in [0.2, 0.25) is 0 Å². The van der Waals surface area contributed by atoms with E-state index in [1.807, 2.05) is 30.3 Å². The van der Waals surface area contributed by atoms with Crippen LogP contribution >= 0.6 is 11.6 Å². The minimum atomic E-state index is -0.257. The van der Waals surface area contributed by atoms with Crippen LogP contribution < -0.4 is 10.1 Å². The number of methoxy groups -OCH3 is 1. The Morgan fingerprint density at radius 3 is 2.59 bits per heavy atom. The summed E-state index contributed by atoms with van der Waals surface area (Å²) < 4.78 is 7.56. The van der Waals surface area contributed by atoms with Gasteiger partial charge in [0, 0.05) is 39.1 Å². The summed E-state index contributed by atoms with van der Waals surface area (Å²) in [5, 5.41) is 5.73. The normalized spacial score (nSPS) is 11.1. The molecule has 1 aromatic heterocycles. The first-order valence-electron chi connectivity index (χ1n) is 8.78. The molecule has 5 heteroatoms. The number of nitrogens with zero attached hydrogens (tertiary/aromatic N) is 1. The van der Waals surface area contributed by atoms with Crippen LogP contribution in [-0.4, -0.2) is 17.6 Å². The van der Waals surface area contributed by atoms with E-state index >= 15 is 0 Å². The van der Waals surface area contributed by atoms with Crippen LogP contribution in [0.25, 0.3) is 21.8 Å². The summed E-state index contributed by atoms with van der Waals surface area (Å²) in [4.78, 5) is 12.8. The first-order valence-corrected chi connectivity index (χ1v) is 9.16. The number of hydrogen-bond donors (Lipinski definition) is 1. The number of carbonyl (C=O) groups is 1. The fourth-order valence-electron chi connectivity index (χ4n) is 3.53. The number of para-hydroxylation sites is 1. The van der Waals surface area contributed by atoms with Crippen LogP contribution in [0, 0.1) is 0 Å². The number of benzene rings is 3. The molecule has 4 nitrogen and oxygen atoms in total. The molecule has 136 valence electrons. The van der Waals surface area contributed by atoms with Gasteiger partial charge in [-0.15, -0.1) is 0 Å². The van der Waals surface area contributed by atoms with Gasteiger partial charge in [-0.25, -0.2) is 0 Å². The van der Waals surface area contributed by atoms with Gasteiger partial charge in [0.15, 0.2) is 0 Å². The Morgan fingerprint density at radius 1 is 1.04 bits per heavy atom. The van der Waals surface area contributed by atoms with E-state index in [4.69, 9.17) is 16.3 Å². The maximum absolute atomic E-state index is 12.8. The number of anilines is 1. The highest BCUT2D eigenvalue weighted by Gasteiger charge is 2.15. The predicted octanol–water partition coefficient (Wildman–Crippen LogP) is 5.73. The summed E-state index contributed by atoms with van der Waals surface area (Å²) in [5.41, 5.74) is 3.47. The van der Waals surface area contributed by atoms with Gasteiger partial charge in [-0.1, -0.05) is 29.8 Å². The molecule has 0 saturated carbocycles. The highest BCUT2D eigenvalue weighted by molar-refractivity contribution is 6.31. The lowest BCUT2D eigenvalue weighted by atomic mass is 10.1. The zero-order valence-electron chi connectivity index (χ0n) is 15.1. The van der Waals surface area contributed by atoms with Gasteiger partial charge in [0.1, 0.15) is 5.75 Å². The lowest BCUT2D eigenvalue weighted by Gasteiger charge is -2.10. The van der Waals surface area contributed by atoms with Crippen LogP contribution in [0.15, 0.2) is 60.7 Å². The number of halogens is 1. The average Bonchev–Trinajstić information content (AvgIpc) is 3.01. The number of amides is 1. The third-order valence-electron chi connectivity index (χ3n) is 4.75. The van der Waals surface area contributed by atoms with Crippen molar-refractivity contribution < 1.29 is 9.53 Å². The third-order valence-corrected chi connectivity index (χ3v) is 4.99. The first-order chi connectivity index (χ1) is 13.1. The number of fused-ring (bicyclic) bond motifs is 3. The minimum absolute atomic E-state index is 0.257. The number of aryl methyl sites for hydroxylation is 1. The van der Waals surface area contributed by atoms with E-state index in [-0.39, 0.29) is 5.91 Å². The molecule has 0 aliphatic rings. The molecule has 3 aromatic carbocycles. The van der Waals surface area contributed by atoms with Crippen LogP contribution in [-0.2, 0) is 6.54 Å². The Labute approximate surface area is 162 Å². The quantitative estimate of drug-likeness (QED) is 0.493. The number of carbonyl (C=O) groups excluding carboxylic acids is 1. The van der Waals surface area contributed by atoms with E-state index in [0.717, 1.165) is 23.1 Å². The maximum Gasteiger partial charge on any atom is 0.259 e. The van der Waals surface area contributed by atoms with Gasteiger partial charge in [0.25, 0.3) is 5.91 Å². The Balaban J connectivity index is 1.76. The molecule has 27 heavy (non-hydrogen) atoms. The lowest BCUT2D eigenvalue weighted by Crippen LogP contribution is -2.13. The molecule has 4 rings (SSSR count). The van der Waals surface area contributed by atoms with Crippen molar-refractivity contribution in [2.24, 2.45) is 0 Å². The van der Waals surface area contributed by atoms with Crippen molar-refractivity contribution >= 4 is 45.0 Å². The number of rotatable bonds is 4. The fraction of sp³-hybridized carbons (Fsp3) is 0.136. The summed E-state index contributed by atoms with van der Waals surface area (Å²) in [6.45, 7) is 3.02. The van der Waals surface area contributed by atoms with Crippen molar-refractivity contribution in [2.45, 2.75) is 13.5 Å². The molecule has 0 saturated heterocycles. The molecule has 1 heterocycles. The monoisotopic (exact) mass is 378 g/mol. The van der Waals surface area contributed by atoms with Gasteiger partial charge in [-0.2, -0.15) is 0 Å². The van der Waals surface area contributed by atoms with Crippen LogP contribution in [0.1, 0.15) is 17.3 Å². The highest BCUT2D eigenvalue weighted by Crippen LogP contribution is 2.31. The van der Waals surface area contributed by atoms with Crippen LogP contribution in [0.4, 0.5) is 5.69 Å². The Morgan fingerprint density at radius 2 is 1.81 bits per heavy atom. The second-order valence-corrected chi connectivity index (χ2v) is 6.73. The van der Waals surface area contributed by atoms with Crippen molar-refractivity contribution in [2.75, 3.05) is 12.4 Å². The van der Waals surface area contributed by atoms with E-state index in [9.17, 15) is 4.79 Å². The minimum Gasteiger partial charge on any atom is -0.496 e. The Hall–Kier alpha value is -2.98. The Kier molecular flexibility index (Phi) is 4.50. The third kappa shape index (κ3) is 3.02. The molecule has 0 spiro atoms. The molecule has 0 bridgehead atoms. The predicted molar refractivity (Wildman–Crippen MR) is 111 cm³/mol. The van der Waals surface area contributed by atoms with Crippen LogP contribution in [0.2, 0.25) is 5.02 Å². The van der Waals surface area contributed by atoms with E-state index in [0.29, 0.717) is 16.3 Å². The van der Waals surface area contributed by atoms with Gasteiger partial charge in [-0.05, 0) is 49.4 Å². The molecule has 0 unspecified atom stereocenters. The maximum atomic E-state index is 12.8. The lowest BCUT2D eigenvalue weighted by molar-refractivity contribution is 0.102. The topological polar surface area (TPSA) is 43.3 Å². The van der Waals surface area contributed by atoms with Crippen LogP contribution in [0.3, 0.4) is 0 Å². The Bertz CT molecular complexity index is 1160. The van der Waals surface area contributed by atoms with E-state index < -0.39 is 0 Å². The SMILES string of the molecule is CCn1c2ccccc2c2cc(NC(=O)c3cc(Cl)ccc3OC)ccc21. The number of hydrogen-bond acceptors (Lipinski definition) is 2. The summed E-state index contributed by atoms with van der Waals surface area (Å²) in [6.07, 6.45) is 0. The van der Waals surface area contributed by atoms with Crippen molar-refractivity contribution in [3.8, 4) is 5.75 Å². The molecular formula is C22H19ClN2O2. The number of ether oxygens (including phenoxy) is 1. The molecule has 0 fully saturated rings. The molecule has 0 aliphatic heterocycles. The van der Waals surface area contributed by atoms with Crippen LogP contribution in [0.5, 0.6) is 5.75 Å². The summed E-state index contributed by atoms with van der Waals surface area (Å²) in [7, 11) is 1.53. The average molecular weight is 379 g/mol. The fourth-order valence-corrected chi connectivity index (χ4v) is 3.70. The van der Waals surface area contributed by atoms with Crippen molar-refractivity contribution in [3.63, 3.8) is 0 Å². The molecule has 4 aromatic rings. The molecule has 1 N–H and O–H groups in total. The molecule has 0 radical (unpaired) electrons. The van der Waals surface area contributed by atoms with E-state index in [1.54, 1.807) is 18.2 Å². The van der Waals surface area contributed by atoms with Gasteiger partial charge in [0.05, 0.1) is 12.7 Å². The molecule has 0 atom stereocenters. The molecule has 0 aliphatic carbocycles. The van der Waals surface area contributed by atoms with Crippen molar-refractivity contribution in [1.29, 1.82) is 0 Å². The second-order valence-electron chi connectivity index (χ2n) is 6.29. The summed E-state index contributed by atoms with van der Waals surface area (Å²) in [6, 6.07) is 19.3.